The minimum Gasteiger partial charge on any atom is -0.294 e. The summed E-state index contributed by atoms with van der Waals surface area (Å²) >= 11 is 5.80. The van der Waals surface area contributed by atoms with E-state index in [0.717, 1.165) is 18.7 Å². The molecule has 0 aromatic heterocycles. The molecule has 0 saturated carbocycles. The Bertz CT molecular complexity index is 368. The SMILES string of the molecule is C[C@H](C(=O)c1ccc(Cl)cc1)N1CCCC1. The van der Waals surface area contributed by atoms with Crippen LogP contribution in [0.25, 0.3) is 0 Å². The van der Waals surface area contributed by atoms with Crippen LogP contribution in [0.2, 0.25) is 5.02 Å². The number of halogens is 1. The van der Waals surface area contributed by atoms with Gasteiger partial charge in [-0.05, 0) is 57.1 Å². The summed E-state index contributed by atoms with van der Waals surface area (Å²) in [6.07, 6.45) is 2.41. The maximum atomic E-state index is 12.2. The molecular weight excluding hydrogens is 222 g/mol. The van der Waals surface area contributed by atoms with Gasteiger partial charge in [-0.25, -0.2) is 0 Å². The largest absolute Gasteiger partial charge is 0.294 e. The molecule has 0 bridgehead atoms. The number of ketones is 1. The van der Waals surface area contributed by atoms with Crippen LogP contribution >= 0.6 is 11.6 Å². The highest BCUT2D eigenvalue weighted by atomic mass is 35.5. The molecule has 0 spiro atoms. The Balaban J connectivity index is 2.08. The van der Waals surface area contributed by atoms with Crippen molar-refractivity contribution in [2.24, 2.45) is 0 Å². The van der Waals surface area contributed by atoms with Gasteiger partial charge >= 0.3 is 0 Å². The standard InChI is InChI=1S/C13H16ClNO/c1-10(15-8-2-3-9-15)13(16)11-4-6-12(14)7-5-11/h4-7,10H,2-3,8-9H2,1H3/t10-/m1/s1. The van der Waals surface area contributed by atoms with Gasteiger partial charge in [-0.2, -0.15) is 0 Å². The monoisotopic (exact) mass is 237 g/mol. The number of carbonyl (C=O) groups excluding carboxylic acids is 1. The van der Waals surface area contributed by atoms with Gasteiger partial charge in [0.15, 0.2) is 5.78 Å². The molecule has 16 heavy (non-hydrogen) atoms. The number of nitrogens with zero attached hydrogens (tertiary/aromatic N) is 1. The lowest BCUT2D eigenvalue weighted by Gasteiger charge is -2.22. The van der Waals surface area contributed by atoms with E-state index in [4.69, 9.17) is 11.6 Å². The van der Waals surface area contributed by atoms with Crippen molar-refractivity contribution in [1.29, 1.82) is 0 Å². The van der Waals surface area contributed by atoms with Crippen molar-refractivity contribution in [2.75, 3.05) is 13.1 Å². The lowest BCUT2D eigenvalue weighted by molar-refractivity contribution is 0.0867. The average molecular weight is 238 g/mol. The second-order valence-electron chi connectivity index (χ2n) is 4.29. The predicted molar refractivity (Wildman–Crippen MR) is 66.1 cm³/mol. The zero-order chi connectivity index (χ0) is 11.5. The van der Waals surface area contributed by atoms with E-state index in [0.29, 0.717) is 5.02 Å². The molecule has 0 amide bonds. The lowest BCUT2D eigenvalue weighted by atomic mass is 10.0. The molecule has 1 aromatic carbocycles. The quantitative estimate of drug-likeness (QED) is 0.754. The smallest absolute Gasteiger partial charge is 0.179 e. The summed E-state index contributed by atoms with van der Waals surface area (Å²) in [5, 5.41) is 0.672. The first-order valence-corrected chi connectivity index (χ1v) is 6.10. The molecule has 2 nitrogen and oxygen atoms in total. The molecule has 0 aliphatic carbocycles. The fourth-order valence-corrected chi connectivity index (χ4v) is 2.28. The first kappa shape index (κ1) is 11.6. The Morgan fingerprint density at radius 1 is 1.25 bits per heavy atom. The van der Waals surface area contributed by atoms with E-state index in [-0.39, 0.29) is 11.8 Å². The first-order valence-electron chi connectivity index (χ1n) is 5.72. The maximum Gasteiger partial charge on any atom is 0.179 e. The first-order chi connectivity index (χ1) is 7.68. The highest BCUT2D eigenvalue weighted by molar-refractivity contribution is 6.30. The van der Waals surface area contributed by atoms with Crippen LogP contribution in [0.3, 0.4) is 0 Å². The zero-order valence-corrected chi connectivity index (χ0v) is 10.2. The summed E-state index contributed by atoms with van der Waals surface area (Å²) in [6.45, 7) is 4.07. The second kappa shape index (κ2) is 4.98. The van der Waals surface area contributed by atoms with E-state index in [1.165, 1.54) is 12.8 Å². The summed E-state index contributed by atoms with van der Waals surface area (Å²) in [6, 6.07) is 7.13. The van der Waals surface area contributed by atoms with Crippen LogP contribution in [0.1, 0.15) is 30.1 Å². The number of rotatable bonds is 3. The number of carbonyl (C=O) groups is 1. The topological polar surface area (TPSA) is 20.3 Å². The van der Waals surface area contributed by atoms with Gasteiger partial charge in [0.05, 0.1) is 6.04 Å². The number of Topliss-reactive ketones (excluding diaryl/α,β-unsaturated/α-hetero) is 1. The van der Waals surface area contributed by atoms with Crippen molar-refractivity contribution in [1.82, 2.24) is 4.90 Å². The predicted octanol–water partition coefficient (Wildman–Crippen LogP) is 3.01. The molecule has 1 aromatic rings. The van der Waals surface area contributed by atoms with Crippen LogP contribution < -0.4 is 0 Å². The summed E-state index contributed by atoms with van der Waals surface area (Å²) < 4.78 is 0. The Morgan fingerprint density at radius 3 is 2.38 bits per heavy atom. The van der Waals surface area contributed by atoms with Crippen molar-refractivity contribution in [2.45, 2.75) is 25.8 Å². The summed E-state index contributed by atoms with van der Waals surface area (Å²) in [5.74, 6) is 0.193. The molecule has 0 N–H and O–H groups in total. The van der Waals surface area contributed by atoms with Crippen molar-refractivity contribution < 1.29 is 4.79 Å². The number of likely N-dealkylation sites (tertiary alicyclic amines) is 1. The fraction of sp³-hybridized carbons (Fsp3) is 0.462. The number of benzene rings is 1. The van der Waals surface area contributed by atoms with Gasteiger partial charge < -0.3 is 0 Å². The minimum absolute atomic E-state index is 0.0105. The number of hydrogen-bond donors (Lipinski definition) is 0. The molecule has 1 fully saturated rings. The Kier molecular flexibility index (Phi) is 3.62. The fourth-order valence-electron chi connectivity index (χ4n) is 2.15. The molecule has 0 radical (unpaired) electrons. The third kappa shape index (κ3) is 2.45. The van der Waals surface area contributed by atoms with Gasteiger partial charge in [-0.3, -0.25) is 9.69 Å². The summed E-state index contributed by atoms with van der Waals surface area (Å²) in [5.41, 5.74) is 0.754. The maximum absolute atomic E-state index is 12.2. The van der Waals surface area contributed by atoms with Gasteiger partial charge in [0.1, 0.15) is 0 Å². The lowest BCUT2D eigenvalue weighted by Crippen LogP contribution is -2.36. The van der Waals surface area contributed by atoms with Crippen molar-refractivity contribution in [3.05, 3.63) is 34.9 Å². The molecule has 86 valence electrons. The Hall–Kier alpha value is -0.860. The van der Waals surface area contributed by atoms with E-state index in [9.17, 15) is 4.79 Å². The van der Waals surface area contributed by atoms with E-state index < -0.39 is 0 Å². The van der Waals surface area contributed by atoms with Crippen LogP contribution in [-0.2, 0) is 0 Å². The second-order valence-corrected chi connectivity index (χ2v) is 4.73. The van der Waals surface area contributed by atoms with Crippen LogP contribution in [0.4, 0.5) is 0 Å². The van der Waals surface area contributed by atoms with Gasteiger partial charge in [0.25, 0.3) is 0 Å². The normalized spacial score (nSPS) is 18.6. The van der Waals surface area contributed by atoms with Gasteiger partial charge in [0.2, 0.25) is 0 Å². The average Bonchev–Trinajstić information content (AvgIpc) is 2.81. The molecule has 0 unspecified atom stereocenters. The van der Waals surface area contributed by atoms with Crippen LogP contribution in [0.5, 0.6) is 0 Å². The molecule has 1 aliphatic heterocycles. The Labute approximate surface area is 101 Å². The van der Waals surface area contributed by atoms with Crippen molar-refractivity contribution >= 4 is 17.4 Å². The zero-order valence-electron chi connectivity index (χ0n) is 9.45. The van der Waals surface area contributed by atoms with Crippen molar-refractivity contribution in [3.63, 3.8) is 0 Å². The molecule has 1 saturated heterocycles. The molecule has 1 heterocycles. The molecule has 3 heteroatoms. The van der Waals surface area contributed by atoms with Gasteiger partial charge in [-0.1, -0.05) is 11.6 Å². The van der Waals surface area contributed by atoms with Gasteiger partial charge in [0, 0.05) is 10.6 Å². The molecule has 1 aliphatic rings. The Morgan fingerprint density at radius 2 is 1.81 bits per heavy atom. The van der Waals surface area contributed by atoms with Gasteiger partial charge in [-0.15, -0.1) is 0 Å². The molecule has 2 rings (SSSR count). The van der Waals surface area contributed by atoms with E-state index >= 15 is 0 Å². The van der Waals surface area contributed by atoms with E-state index in [1.807, 2.05) is 6.92 Å². The number of hydrogen-bond acceptors (Lipinski definition) is 2. The highest BCUT2D eigenvalue weighted by Crippen LogP contribution is 2.17. The highest BCUT2D eigenvalue weighted by Gasteiger charge is 2.24. The molecular formula is C13H16ClNO. The van der Waals surface area contributed by atoms with Crippen LogP contribution in [0, 0.1) is 0 Å². The van der Waals surface area contributed by atoms with E-state index in [1.54, 1.807) is 24.3 Å². The summed E-state index contributed by atoms with van der Waals surface area (Å²) in [4.78, 5) is 14.4. The van der Waals surface area contributed by atoms with E-state index in [2.05, 4.69) is 4.90 Å². The van der Waals surface area contributed by atoms with Crippen molar-refractivity contribution in [3.8, 4) is 0 Å². The minimum atomic E-state index is -0.0105. The molecule has 1 atom stereocenters. The van der Waals surface area contributed by atoms with Crippen LogP contribution in [0.15, 0.2) is 24.3 Å². The third-order valence-corrected chi connectivity index (χ3v) is 3.45. The van der Waals surface area contributed by atoms with Crippen LogP contribution in [-0.4, -0.2) is 29.8 Å². The third-order valence-electron chi connectivity index (χ3n) is 3.20. The summed E-state index contributed by atoms with van der Waals surface area (Å²) in [7, 11) is 0.